The van der Waals surface area contributed by atoms with Crippen molar-refractivity contribution < 1.29 is 84.6 Å². The molecule has 0 aliphatic heterocycles. The normalized spacial score (nSPS) is 12.8. The lowest BCUT2D eigenvalue weighted by molar-refractivity contribution is 0.0697. The number of hydrogen-bond acceptors (Lipinski definition) is 21. The van der Waals surface area contributed by atoms with Crippen LogP contribution in [-0.4, -0.2) is 115 Å². The number of carboxylic acids is 1. The first-order valence-electron chi connectivity index (χ1n) is 16.6. The Morgan fingerprint density at radius 3 is 1.85 bits per heavy atom. The van der Waals surface area contributed by atoms with Crippen molar-refractivity contribution in [2.24, 2.45) is 15.3 Å². The van der Waals surface area contributed by atoms with Gasteiger partial charge in [-0.25, -0.2) is 17.4 Å². The minimum atomic E-state index is -5.40. The molecule has 5 rings (SSSR count). The van der Waals surface area contributed by atoms with Gasteiger partial charge in [0.15, 0.2) is 21.4 Å². The summed E-state index contributed by atoms with van der Waals surface area (Å²) in [4.78, 5) is 19.1. The second kappa shape index (κ2) is 18.9. The van der Waals surface area contributed by atoms with Gasteiger partial charge in [0.2, 0.25) is 17.2 Å². The quantitative estimate of drug-likeness (QED) is 0.0160. The van der Waals surface area contributed by atoms with Crippen molar-refractivity contribution in [1.29, 1.82) is 0 Å². The lowest BCUT2D eigenvalue weighted by atomic mass is 10.2. The number of nitrogens with one attached hydrogen (secondary N) is 2. The first-order chi connectivity index (χ1) is 30.0. The molecule has 0 aliphatic carbocycles. The Labute approximate surface area is 370 Å². The second-order valence-electron chi connectivity index (χ2n) is 12.2. The van der Waals surface area contributed by atoms with Crippen LogP contribution in [0.5, 0.6) is 11.5 Å². The molecule has 65 heavy (non-hydrogen) atoms. The number of aromatic hydroxyl groups is 2. The Kier molecular flexibility index (Phi) is 14.4. The number of hydrogen-bond donors (Lipinski definition) is 9. The lowest BCUT2D eigenvalue weighted by Crippen LogP contribution is -2.16. The van der Waals surface area contributed by atoms with Gasteiger partial charge in [0.05, 0.1) is 44.0 Å². The number of phenols is 2. The van der Waals surface area contributed by atoms with Gasteiger partial charge < -0.3 is 36.5 Å². The van der Waals surface area contributed by atoms with E-state index in [9.17, 15) is 75.9 Å². The van der Waals surface area contributed by atoms with Crippen LogP contribution in [-0.2, 0) is 54.8 Å². The van der Waals surface area contributed by atoms with Gasteiger partial charge in [0.25, 0.3) is 30.4 Å². The molecule has 1 aromatic heterocycles. The third-order valence-corrected chi connectivity index (χ3v) is 12.6. The Bertz CT molecular complexity index is 3360. The fraction of sp³-hybridized carbons (Fsp3) is 0.0645. The van der Waals surface area contributed by atoms with Crippen LogP contribution < -0.4 is 10.6 Å². The Hall–Kier alpha value is -6.53. The molecule has 0 atom stereocenters. The van der Waals surface area contributed by atoms with E-state index in [1.54, 1.807) is 6.07 Å². The summed E-state index contributed by atoms with van der Waals surface area (Å²) in [7, 11) is -25.2. The largest absolute Gasteiger partial charge is 0.571 e. The molecule has 0 radical (unpaired) electrons. The first kappa shape index (κ1) is 49.5. The highest BCUT2D eigenvalue weighted by atomic mass is 35.5. The average Bonchev–Trinajstić information content (AvgIpc) is 3.18. The average molecular weight is 1020 g/mol. The number of nitrogens with zero attached hydrogens (tertiary/aromatic N) is 7. The number of aromatic nitrogens is 3. The number of carbonyl (C=O) groups is 1. The van der Waals surface area contributed by atoms with Crippen LogP contribution in [0.4, 0.5) is 34.6 Å². The number of benzene rings is 4. The number of aromatic carboxylic acids is 1. The summed E-state index contributed by atoms with van der Waals surface area (Å²) in [6.45, 7) is -1.16. The standard InChI is InChI=1S/C31H26ClN9O19S5/c32-29-35-30(37-31(36-29)34-22-11-17(14-24(26(22)43)64(54,55)56)61(46,47)9-8-60-65(57,58)59)33-21-12-18(63(51,52)53)13-23(25(21)42)39-41-27(15-4-2-1-3-5-15)40-38-20-10-16(62(48,49)50)6-7-19(20)28(44)45/h1-7,10-14H,8-9H2,(H10,33,34,35,36,37,38,39,40,41,42,43,44,45,48,49,50,51,52,53,54,55,56,57,58,59)/p-1. The molecular formula is C31H25ClN9O19S5-. The van der Waals surface area contributed by atoms with Gasteiger partial charge in [-0.15, -0.1) is 10.2 Å². The molecule has 5 aromatic rings. The molecule has 0 saturated carbocycles. The van der Waals surface area contributed by atoms with E-state index in [-0.39, 0.29) is 5.56 Å². The van der Waals surface area contributed by atoms with Crippen molar-refractivity contribution in [3.8, 4) is 11.5 Å². The zero-order valence-corrected chi connectivity index (χ0v) is 36.3. The summed E-state index contributed by atoms with van der Waals surface area (Å²) < 4.78 is 162. The van der Waals surface area contributed by atoms with E-state index in [2.05, 4.69) is 50.5 Å². The highest BCUT2D eigenvalue weighted by Crippen LogP contribution is 2.42. The van der Waals surface area contributed by atoms with Crippen molar-refractivity contribution in [3.05, 3.63) is 94.6 Å². The van der Waals surface area contributed by atoms with Gasteiger partial charge in [-0.1, -0.05) is 42.1 Å². The van der Waals surface area contributed by atoms with Gasteiger partial charge in [-0.3, -0.25) is 18.2 Å². The first-order valence-corrected chi connectivity index (χ1v) is 24.3. The molecule has 4 aromatic carbocycles. The van der Waals surface area contributed by atoms with Crippen molar-refractivity contribution in [2.75, 3.05) is 23.0 Å². The Balaban J connectivity index is 1.55. The molecule has 0 saturated heterocycles. The molecule has 0 aliphatic rings. The summed E-state index contributed by atoms with van der Waals surface area (Å²) in [5.74, 6) is -6.98. The van der Waals surface area contributed by atoms with E-state index in [4.69, 9.17) is 16.2 Å². The minimum Gasteiger partial charge on any atom is -0.571 e. The molecule has 9 N–H and O–H groups in total. The Morgan fingerprint density at radius 1 is 0.708 bits per heavy atom. The molecule has 346 valence electrons. The molecular weight excluding hydrogens is 998 g/mol. The number of phenolic OH excluding ortho intramolecular Hbond substituents is 2. The van der Waals surface area contributed by atoms with Crippen molar-refractivity contribution in [1.82, 2.24) is 15.0 Å². The third kappa shape index (κ3) is 13.0. The van der Waals surface area contributed by atoms with Crippen LogP contribution in [0.3, 0.4) is 0 Å². The van der Waals surface area contributed by atoms with Crippen LogP contribution in [0.15, 0.2) is 108 Å². The zero-order valence-electron chi connectivity index (χ0n) is 31.4. The predicted octanol–water partition coefficient (Wildman–Crippen LogP) is 3.61. The van der Waals surface area contributed by atoms with E-state index in [1.807, 2.05) is 0 Å². The topological polar surface area (TPSA) is 453 Å². The maximum Gasteiger partial charge on any atom is 0.397 e. The van der Waals surface area contributed by atoms with Crippen LogP contribution >= 0.6 is 11.6 Å². The summed E-state index contributed by atoms with van der Waals surface area (Å²) >= 11 is 6.02. The maximum atomic E-state index is 12.9. The van der Waals surface area contributed by atoms with Gasteiger partial charge >= 0.3 is 16.4 Å². The fourth-order valence-corrected chi connectivity index (χ4v) is 8.32. The molecule has 28 nitrogen and oxygen atoms in total. The number of carboxylic acid groups (broad SMARTS) is 1. The van der Waals surface area contributed by atoms with Gasteiger partial charge in [-0.2, -0.15) is 48.6 Å². The number of rotatable bonds is 17. The van der Waals surface area contributed by atoms with Crippen molar-refractivity contribution in [2.45, 2.75) is 19.6 Å². The number of sulfone groups is 1. The van der Waals surface area contributed by atoms with Gasteiger partial charge in [0.1, 0.15) is 16.3 Å². The van der Waals surface area contributed by atoms with E-state index in [0.29, 0.717) is 30.3 Å². The Morgan fingerprint density at radius 2 is 1.29 bits per heavy atom. The summed E-state index contributed by atoms with van der Waals surface area (Å²) in [6, 6.07) is 11.8. The predicted molar refractivity (Wildman–Crippen MR) is 221 cm³/mol. The molecule has 0 unspecified atom stereocenters. The second-order valence-corrected chi connectivity index (χ2v) is 20.0. The summed E-state index contributed by atoms with van der Waals surface area (Å²) in [6.07, 6.45) is 0. The van der Waals surface area contributed by atoms with E-state index in [0.717, 1.165) is 12.1 Å². The minimum absolute atomic E-state index is 0.107. The summed E-state index contributed by atoms with van der Waals surface area (Å²) in [5, 5.41) is 46.8. The number of halogens is 1. The van der Waals surface area contributed by atoms with E-state index in [1.165, 1.54) is 24.3 Å². The lowest BCUT2D eigenvalue weighted by Gasteiger charge is -2.22. The van der Waals surface area contributed by atoms with E-state index < -0.39 is 151 Å². The van der Waals surface area contributed by atoms with Crippen LogP contribution in [0.1, 0.15) is 15.9 Å². The van der Waals surface area contributed by atoms with Crippen molar-refractivity contribution >= 4 is 109 Å². The van der Waals surface area contributed by atoms with Crippen LogP contribution in [0.2, 0.25) is 5.28 Å². The van der Waals surface area contributed by atoms with Crippen molar-refractivity contribution in [3.63, 3.8) is 0 Å². The molecule has 0 bridgehead atoms. The smallest absolute Gasteiger partial charge is 0.397 e. The monoisotopic (exact) mass is 1020 g/mol. The molecule has 34 heteroatoms. The fourth-order valence-electron chi connectivity index (χ4n) is 4.90. The highest BCUT2D eigenvalue weighted by molar-refractivity contribution is 7.91. The van der Waals surface area contributed by atoms with Crippen LogP contribution in [0, 0.1) is 0 Å². The highest BCUT2D eigenvalue weighted by Gasteiger charge is 2.27. The third-order valence-electron chi connectivity index (χ3n) is 7.77. The van der Waals surface area contributed by atoms with E-state index >= 15 is 0 Å². The van der Waals surface area contributed by atoms with Gasteiger partial charge in [-0.05, 0) is 48.0 Å². The SMILES string of the molecule is O=C(O)c1ccc(S(=O)(=O)O)cc1N=N/C(=N\[N-]c1cc(S(=O)(=O)O)cc(Nc2nc(Cl)nc(Nc3cc(S(=O)(=O)CCOS(=O)(=O)O)cc(S(=O)(=O)O)c3O)n2)c1O)c1ccccc1. The molecule has 0 fully saturated rings. The molecule has 1 heterocycles. The number of anilines is 4. The van der Waals surface area contributed by atoms with Crippen LogP contribution in [0.25, 0.3) is 5.43 Å². The zero-order chi connectivity index (χ0) is 48.3. The van der Waals surface area contributed by atoms with Gasteiger partial charge in [0, 0.05) is 5.56 Å². The maximum absolute atomic E-state index is 12.9. The number of azo groups is 1. The molecule has 0 amide bonds. The molecule has 0 spiro atoms. The summed E-state index contributed by atoms with van der Waals surface area (Å²) in [5.41, 5.74) is 0.488. The number of amidine groups is 1.